The molecule has 0 saturated heterocycles. The van der Waals surface area contributed by atoms with Gasteiger partial charge in [-0.15, -0.1) is 0 Å². The Morgan fingerprint density at radius 3 is 2.61 bits per heavy atom. The first-order valence-electron chi connectivity index (χ1n) is 8.89. The number of hydrogen-bond acceptors (Lipinski definition) is 5. The lowest BCUT2D eigenvalue weighted by molar-refractivity contribution is -0.121. The van der Waals surface area contributed by atoms with Crippen LogP contribution in [0, 0.1) is 13.8 Å². The molecule has 1 aromatic carbocycles. The molecule has 8 nitrogen and oxygen atoms in total. The summed E-state index contributed by atoms with van der Waals surface area (Å²) in [6, 6.07) is 12.0. The lowest BCUT2D eigenvalue weighted by atomic mass is 10.0. The van der Waals surface area contributed by atoms with Crippen LogP contribution in [-0.2, 0) is 17.9 Å². The fourth-order valence-corrected chi connectivity index (χ4v) is 2.77. The van der Waals surface area contributed by atoms with Crippen molar-refractivity contribution in [3.8, 4) is 11.3 Å². The van der Waals surface area contributed by atoms with Crippen LogP contribution in [0.5, 0.6) is 0 Å². The predicted molar refractivity (Wildman–Crippen MR) is 105 cm³/mol. The van der Waals surface area contributed by atoms with E-state index in [1.165, 1.54) is 23.0 Å². The topological polar surface area (TPSA) is 98.9 Å². The van der Waals surface area contributed by atoms with Gasteiger partial charge in [0.2, 0.25) is 5.91 Å². The van der Waals surface area contributed by atoms with E-state index in [1.807, 2.05) is 32.0 Å². The number of nitrogens with zero attached hydrogens (tertiary/aromatic N) is 4. The molecule has 144 valence electrons. The maximum absolute atomic E-state index is 12.2. The van der Waals surface area contributed by atoms with E-state index in [0.29, 0.717) is 5.69 Å². The van der Waals surface area contributed by atoms with Crippen LogP contribution in [0.3, 0.4) is 0 Å². The summed E-state index contributed by atoms with van der Waals surface area (Å²) in [5.41, 5.74) is 3.08. The van der Waals surface area contributed by atoms with Gasteiger partial charge in [0.25, 0.3) is 11.1 Å². The van der Waals surface area contributed by atoms with Gasteiger partial charge in [-0.05, 0) is 37.6 Å². The molecule has 2 heterocycles. The van der Waals surface area contributed by atoms with Gasteiger partial charge in [0.1, 0.15) is 6.54 Å². The summed E-state index contributed by atoms with van der Waals surface area (Å²) < 4.78 is 2.39. The zero-order valence-corrected chi connectivity index (χ0v) is 15.8. The summed E-state index contributed by atoms with van der Waals surface area (Å²) in [4.78, 5) is 35.9. The Bertz CT molecular complexity index is 1120. The van der Waals surface area contributed by atoms with E-state index in [2.05, 4.69) is 15.5 Å². The van der Waals surface area contributed by atoms with Crippen LogP contribution in [0.1, 0.15) is 11.1 Å². The number of carbonyl (C=O) groups excluding carboxylic acids is 1. The highest BCUT2D eigenvalue weighted by molar-refractivity contribution is 5.75. The van der Waals surface area contributed by atoms with Gasteiger partial charge in [0.05, 0.1) is 12.2 Å². The first-order chi connectivity index (χ1) is 13.4. The molecule has 8 heteroatoms. The lowest BCUT2D eigenvalue weighted by Crippen LogP contribution is -2.36. The second kappa shape index (κ2) is 8.43. The Labute approximate surface area is 161 Å². The number of rotatable bonds is 6. The van der Waals surface area contributed by atoms with Crippen molar-refractivity contribution in [1.29, 1.82) is 0 Å². The zero-order chi connectivity index (χ0) is 20.1. The summed E-state index contributed by atoms with van der Waals surface area (Å²) in [6.45, 7) is 4.23. The number of aryl methyl sites for hydroxylation is 2. The van der Waals surface area contributed by atoms with Crippen molar-refractivity contribution in [2.24, 2.45) is 0 Å². The molecule has 0 aliphatic heterocycles. The molecule has 1 amide bonds. The van der Waals surface area contributed by atoms with E-state index in [4.69, 9.17) is 0 Å². The molecule has 1 N–H and O–H groups in total. The van der Waals surface area contributed by atoms with Crippen LogP contribution in [0.25, 0.3) is 11.3 Å². The van der Waals surface area contributed by atoms with Crippen molar-refractivity contribution in [1.82, 2.24) is 24.9 Å². The average Bonchev–Trinajstić information content (AvgIpc) is 2.67. The first kappa shape index (κ1) is 19.2. The van der Waals surface area contributed by atoms with E-state index in [1.54, 1.807) is 12.1 Å². The van der Waals surface area contributed by atoms with Gasteiger partial charge in [0, 0.05) is 30.4 Å². The largest absolute Gasteiger partial charge is 0.353 e. The van der Waals surface area contributed by atoms with E-state index in [9.17, 15) is 14.4 Å². The number of aromatic nitrogens is 4. The maximum Gasteiger partial charge on any atom is 0.267 e. The molecule has 0 saturated carbocycles. The molecule has 0 aliphatic carbocycles. The minimum atomic E-state index is -0.364. The minimum Gasteiger partial charge on any atom is -0.353 e. The van der Waals surface area contributed by atoms with Crippen LogP contribution in [0.15, 0.2) is 58.3 Å². The second-order valence-electron chi connectivity index (χ2n) is 6.47. The predicted octanol–water partition coefficient (Wildman–Crippen LogP) is 0.900. The van der Waals surface area contributed by atoms with Gasteiger partial charge < -0.3 is 5.32 Å². The molecular formula is C20H21N5O3. The molecule has 0 unspecified atom stereocenters. The fourth-order valence-electron chi connectivity index (χ4n) is 2.77. The Kier molecular flexibility index (Phi) is 5.78. The Morgan fingerprint density at radius 1 is 1.04 bits per heavy atom. The Balaban J connectivity index is 1.69. The molecule has 0 aliphatic rings. The van der Waals surface area contributed by atoms with Gasteiger partial charge in [-0.1, -0.05) is 17.7 Å². The van der Waals surface area contributed by atoms with Gasteiger partial charge in [-0.2, -0.15) is 10.2 Å². The van der Waals surface area contributed by atoms with E-state index in [-0.39, 0.29) is 36.7 Å². The van der Waals surface area contributed by atoms with Crippen LogP contribution in [0.2, 0.25) is 0 Å². The van der Waals surface area contributed by atoms with Crippen molar-refractivity contribution in [3.05, 3.63) is 80.5 Å². The van der Waals surface area contributed by atoms with Gasteiger partial charge >= 0.3 is 0 Å². The first-order valence-corrected chi connectivity index (χ1v) is 8.89. The van der Waals surface area contributed by atoms with Crippen molar-refractivity contribution in [2.45, 2.75) is 26.9 Å². The van der Waals surface area contributed by atoms with Gasteiger partial charge in [0.15, 0.2) is 0 Å². The molecule has 2 aromatic heterocycles. The molecular weight excluding hydrogens is 358 g/mol. The SMILES string of the molecule is Cc1ccc(C)c(-c2ccc(=O)n(CC(=O)NCCn3ncccc3=O)n2)c1. The molecule has 28 heavy (non-hydrogen) atoms. The van der Waals surface area contributed by atoms with Crippen LogP contribution >= 0.6 is 0 Å². The summed E-state index contributed by atoms with van der Waals surface area (Å²) in [6.07, 6.45) is 1.51. The normalized spacial score (nSPS) is 10.6. The van der Waals surface area contributed by atoms with Crippen LogP contribution in [-0.4, -0.2) is 32.0 Å². The Morgan fingerprint density at radius 2 is 1.82 bits per heavy atom. The van der Waals surface area contributed by atoms with Crippen LogP contribution in [0.4, 0.5) is 0 Å². The number of nitrogens with one attached hydrogen (secondary N) is 1. The highest BCUT2D eigenvalue weighted by Gasteiger charge is 2.10. The number of benzene rings is 1. The van der Waals surface area contributed by atoms with Crippen molar-refractivity contribution in [2.75, 3.05) is 6.54 Å². The molecule has 3 aromatic rings. The molecule has 0 atom stereocenters. The fraction of sp³-hybridized carbons (Fsp3) is 0.250. The standard InChI is InChI=1S/C20H21N5O3/c1-14-5-6-15(2)16(12-14)17-7-8-20(28)25(23-17)13-18(26)21-10-11-24-19(27)4-3-9-22-24/h3-9,12H,10-11,13H2,1-2H3,(H,21,26). The summed E-state index contributed by atoms with van der Waals surface area (Å²) >= 11 is 0. The monoisotopic (exact) mass is 379 g/mol. The second-order valence-corrected chi connectivity index (χ2v) is 6.47. The van der Waals surface area contributed by atoms with Crippen molar-refractivity contribution in [3.63, 3.8) is 0 Å². The van der Waals surface area contributed by atoms with Crippen molar-refractivity contribution < 1.29 is 4.79 Å². The summed E-state index contributed by atoms with van der Waals surface area (Å²) in [7, 11) is 0. The molecule has 0 bridgehead atoms. The number of carbonyl (C=O) groups is 1. The van der Waals surface area contributed by atoms with Gasteiger partial charge in [-0.25, -0.2) is 9.36 Å². The smallest absolute Gasteiger partial charge is 0.267 e. The quantitative estimate of drug-likeness (QED) is 0.686. The summed E-state index contributed by atoms with van der Waals surface area (Å²) in [5, 5.41) is 10.9. The molecule has 3 rings (SSSR count). The van der Waals surface area contributed by atoms with Crippen LogP contribution < -0.4 is 16.4 Å². The number of amides is 1. The van der Waals surface area contributed by atoms with E-state index >= 15 is 0 Å². The summed E-state index contributed by atoms with van der Waals surface area (Å²) in [5.74, 6) is -0.364. The molecule has 0 spiro atoms. The Hall–Kier alpha value is -3.55. The molecule has 0 fully saturated rings. The third kappa shape index (κ3) is 4.59. The van der Waals surface area contributed by atoms with E-state index < -0.39 is 0 Å². The van der Waals surface area contributed by atoms with Crippen molar-refractivity contribution >= 4 is 5.91 Å². The van der Waals surface area contributed by atoms with E-state index in [0.717, 1.165) is 21.4 Å². The third-order valence-corrected chi connectivity index (χ3v) is 4.26. The number of hydrogen-bond donors (Lipinski definition) is 1. The lowest BCUT2D eigenvalue weighted by Gasteiger charge is -2.10. The van der Waals surface area contributed by atoms with Gasteiger partial charge in [-0.3, -0.25) is 14.4 Å². The highest BCUT2D eigenvalue weighted by Crippen LogP contribution is 2.21. The molecule has 0 radical (unpaired) electrons. The minimum absolute atomic E-state index is 0.200. The highest BCUT2D eigenvalue weighted by atomic mass is 16.2. The maximum atomic E-state index is 12.2. The zero-order valence-electron chi connectivity index (χ0n) is 15.8. The average molecular weight is 379 g/mol. The third-order valence-electron chi connectivity index (χ3n) is 4.26.